The molecule has 0 radical (unpaired) electrons. The van der Waals surface area contributed by atoms with Crippen LogP contribution in [-0.4, -0.2) is 11.9 Å². The van der Waals surface area contributed by atoms with Gasteiger partial charge in [0, 0.05) is 12.5 Å². The van der Waals surface area contributed by atoms with Crippen molar-refractivity contribution in [2.45, 2.75) is 52.5 Å². The van der Waals surface area contributed by atoms with Gasteiger partial charge in [-0.3, -0.25) is 4.79 Å². The highest BCUT2D eigenvalue weighted by Crippen LogP contribution is 2.49. The van der Waals surface area contributed by atoms with Crippen LogP contribution in [0.2, 0.25) is 0 Å². The van der Waals surface area contributed by atoms with Gasteiger partial charge in [-0.2, -0.15) is 0 Å². The molecule has 1 aliphatic carbocycles. The Morgan fingerprint density at radius 3 is 2.21 bits per heavy atom. The predicted molar refractivity (Wildman–Crippen MR) is 56.8 cm³/mol. The lowest BCUT2D eigenvalue weighted by Gasteiger charge is -2.42. The van der Waals surface area contributed by atoms with Gasteiger partial charge in [0.1, 0.15) is 0 Å². The van der Waals surface area contributed by atoms with E-state index in [4.69, 9.17) is 0 Å². The fourth-order valence-electron chi connectivity index (χ4n) is 3.74. The number of nitrogens with one attached hydrogen (secondary N) is 1. The molecule has 0 aromatic heterocycles. The van der Waals surface area contributed by atoms with Crippen LogP contribution in [-0.2, 0) is 4.79 Å². The number of rotatable bonds is 0. The van der Waals surface area contributed by atoms with E-state index in [0.29, 0.717) is 6.04 Å². The van der Waals surface area contributed by atoms with Crippen molar-refractivity contribution in [1.29, 1.82) is 0 Å². The molecule has 1 spiro atoms. The van der Waals surface area contributed by atoms with Crippen molar-refractivity contribution < 1.29 is 4.79 Å². The number of carbonyl (C=O) groups excluding carboxylic acids is 1. The molecular weight excluding hydrogens is 174 g/mol. The molecule has 2 aliphatic rings. The standard InChI is InChI=1S/C12H21NO/c1-8-4-9(2)6-12(5-8)7-11(14)13-10(12)3/h8-10H,4-7H2,1-3H3,(H,13,14). The summed E-state index contributed by atoms with van der Waals surface area (Å²) in [6, 6.07) is 0.389. The number of carbonyl (C=O) groups is 1. The third kappa shape index (κ3) is 1.55. The van der Waals surface area contributed by atoms with Crippen molar-refractivity contribution in [2.75, 3.05) is 0 Å². The third-order valence-electron chi connectivity index (χ3n) is 4.12. The normalized spacial score (nSPS) is 48.2. The Bertz CT molecular complexity index is 239. The predicted octanol–water partition coefficient (Wildman–Crippen LogP) is 2.34. The summed E-state index contributed by atoms with van der Waals surface area (Å²) in [7, 11) is 0. The van der Waals surface area contributed by atoms with E-state index >= 15 is 0 Å². The van der Waals surface area contributed by atoms with Gasteiger partial charge in [0.2, 0.25) is 5.91 Å². The first-order chi connectivity index (χ1) is 6.52. The van der Waals surface area contributed by atoms with Crippen LogP contribution in [0.4, 0.5) is 0 Å². The van der Waals surface area contributed by atoms with Gasteiger partial charge < -0.3 is 5.32 Å². The Morgan fingerprint density at radius 1 is 1.21 bits per heavy atom. The van der Waals surface area contributed by atoms with Crippen LogP contribution in [0.25, 0.3) is 0 Å². The lowest BCUT2D eigenvalue weighted by Crippen LogP contribution is -2.40. The van der Waals surface area contributed by atoms with E-state index in [0.717, 1.165) is 18.3 Å². The average molecular weight is 195 g/mol. The average Bonchev–Trinajstić information content (AvgIpc) is 2.23. The molecule has 0 aromatic rings. The minimum absolute atomic E-state index is 0.263. The van der Waals surface area contributed by atoms with E-state index in [1.807, 2.05) is 0 Å². The number of hydrogen-bond donors (Lipinski definition) is 1. The molecule has 1 saturated heterocycles. The molecule has 1 aliphatic heterocycles. The van der Waals surface area contributed by atoms with Gasteiger partial charge in [0.25, 0.3) is 0 Å². The van der Waals surface area contributed by atoms with Crippen LogP contribution in [0.1, 0.15) is 46.5 Å². The molecule has 1 saturated carbocycles. The van der Waals surface area contributed by atoms with Crippen molar-refractivity contribution in [3.63, 3.8) is 0 Å². The van der Waals surface area contributed by atoms with Gasteiger partial charge in [0.05, 0.1) is 0 Å². The molecule has 2 fully saturated rings. The second-order valence-electron chi connectivity index (χ2n) is 5.68. The highest BCUT2D eigenvalue weighted by Gasteiger charge is 2.47. The van der Waals surface area contributed by atoms with Gasteiger partial charge in [-0.25, -0.2) is 0 Å². The summed E-state index contributed by atoms with van der Waals surface area (Å²) in [5.41, 5.74) is 0.286. The fourth-order valence-corrected chi connectivity index (χ4v) is 3.74. The quantitative estimate of drug-likeness (QED) is 0.631. The van der Waals surface area contributed by atoms with Gasteiger partial charge in [-0.15, -0.1) is 0 Å². The molecule has 1 heterocycles. The maximum atomic E-state index is 11.4. The van der Waals surface area contributed by atoms with Crippen LogP contribution in [0, 0.1) is 17.3 Å². The minimum Gasteiger partial charge on any atom is -0.353 e. The summed E-state index contributed by atoms with van der Waals surface area (Å²) in [6.07, 6.45) is 4.57. The third-order valence-corrected chi connectivity index (χ3v) is 4.12. The fraction of sp³-hybridized carbons (Fsp3) is 0.917. The van der Waals surface area contributed by atoms with E-state index < -0.39 is 0 Å². The first-order valence-electron chi connectivity index (χ1n) is 5.81. The maximum absolute atomic E-state index is 11.4. The molecule has 2 heteroatoms. The summed E-state index contributed by atoms with van der Waals surface area (Å²) < 4.78 is 0. The van der Waals surface area contributed by atoms with Crippen LogP contribution >= 0.6 is 0 Å². The Hall–Kier alpha value is -0.530. The van der Waals surface area contributed by atoms with E-state index in [1.165, 1.54) is 19.3 Å². The van der Waals surface area contributed by atoms with Crippen molar-refractivity contribution in [2.24, 2.45) is 17.3 Å². The summed E-state index contributed by atoms with van der Waals surface area (Å²) in [4.78, 5) is 11.4. The Balaban J connectivity index is 2.18. The van der Waals surface area contributed by atoms with E-state index in [1.54, 1.807) is 0 Å². The molecular formula is C12H21NO. The zero-order valence-electron chi connectivity index (χ0n) is 9.47. The molecule has 0 bridgehead atoms. The number of amides is 1. The van der Waals surface area contributed by atoms with Crippen LogP contribution in [0.15, 0.2) is 0 Å². The Kier molecular flexibility index (Phi) is 2.32. The molecule has 14 heavy (non-hydrogen) atoms. The van der Waals surface area contributed by atoms with E-state index in [9.17, 15) is 4.79 Å². The first-order valence-corrected chi connectivity index (χ1v) is 5.81. The van der Waals surface area contributed by atoms with Gasteiger partial charge in [0.15, 0.2) is 0 Å². The van der Waals surface area contributed by atoms with Crippen molar-refractivity contribution in [3.05, 3.63) is 0 Å². The second kappa shape index (κ2) is 3.25. The second-order valence-corrected chi connectivity index (χ2v) is 5.68. The Labute approximate surface area is 86.5 Å². The van der Waals surface area contributed by atoms with Crippen LogP contribution in [0.5, 0.6) is 0 Å². The summed E-state index contributed by atoms with van der Waals surface area (Å²) in [5.74, 6) is 1.83. The molecule has 3 atom stereocenters. The lowest BCUT2D eigenvalue weighted by atomic mass is 9.63. The van der Waals surface area contributed by atoms with Gasteiger partial charge in [-0.05, 0) is 43.4 Å². The topological polar surface area (TPSA) is 29.1 Å². The minimum atomic E-state index is 0.263. The molecule has 1 N–H and O–H groups in total. The zero-order valence-corrected chi connectivity index (χ0v) is 9.47. The molecule has 1 amide bonds. The Morgan fingerprint density at radius 2 is 1.79 bits per heavy atom. The SMILES string of the molecule is CC1CC(C)CC2(CC(=O)NC2C)C1. The zero-order chi connectivity index (χ0) is 10.3. The summed E-state index contributed by atoms with van der Waals surface area (Å²) in [5, 5.41) is 3.08. The van der Waals surface area contributed by atoms with E-state index in [2.05, 4.69) is 26.1 Å². The lowest BCUT2D eigenvalue weighted by molar-refractivity contribution is -0.120. The molecule has 2 rings (SSSR count). The van der Waals surface area contributed by atoms with Crippen molar-refractivity contribution in [1.82, 2.24) is 5.32 Å². The molecule has 2 nitrogen and oxygen atoms in total. The molecule has 80 valence electrons. The monoisotopic (exact) mass is 195 g/mol. The molecule has 3 unspecified atom stereocenters. The van der Waals surface area contributed by atoms with E-state index in [-0.39, 0.29) is 11.3 Å². The van der Waals surface area contributed by atoms with Crippen molar-refractivity contribution >= 4 is 5.91 Å². The van der Waals surface area contributed by atoms with Gasteiger partial charge in [-0.1, -0.05) is 13.8 Å². The highest BCUT2D eigenvalue weighted by atomic mass is 16.2. The smallest absolute Gasteiger partial charge is 0.220 e. The summed E-state index contributed by atoms with van der Waals surface area (Å²) in [6.45, 7) is 6.83. The largest absolute Gasteiger partial charge is 0.353 e. The van der Waals surface area contributed by atoms with Crippen LogP contribution in [0.3, 0.4) is 0 Å². The van der Waals surface area contributed by atoms with Crippen molar-refractivity contribution in [3.8, 4) is 0 Å². The van der Waals surface area contributed by atoms with Crippen LogP contribution < -0.4 is 5.32 Å². The van der Waals surface area contributed by atoms with Gasteiger partial charge >= 0.3 is 0 Å². The summed E-state index contributed by atoms with van der Waals surface area (Å²) >= 11 is 0. The number of hydrogen-bond acceptors (Lipinski definition) is 1. The first kappa shape index (κ1) is 10.0. The highest BCUT2D eigenvalue weighted by molar-refractivity contribution is 5.79. The molecule has 0 aromatic carbocycles. The maximum Gasteiger partial charge on any atom is 0.220 e.